The van der Waals surface area contributed by atoms with Crippen molar-refractivity contribution in [2.24, 2.45) is 0 Å². The van der Waals surface area contributed by atoms with Gasteiger partial charge in [0.25, 0.3) is 0 Å². The molecule has 0 saturated carbocycles. The van der Waals surface area contributed by atoms with Gasteiger partial charge in [0.1, 0.15) is 12.6 Å². The van der Waals surface area contributed by atoms with Gasteiger partial charge in [-0.2, -0.15) is 0 Å². The first kappa shape index (κ1) is 21.1. The third-order valence-corrected chi connectivity index (χ3v) is 4.25. The summed E-state index contributed by atoms with van der Waals surface area (Å²) in [6.45, 7) is 14.5. The summed E-state index contributed by atoms with van der Waals surface area (Å²) in [6.07, 6.45) is 7.89. The van der Waals surface area contributed by atoms with Crippen molar-refractivity contribution in [3.8, 4) is 0 Å². The molecule has 4 heteroatoms. The molecular formula is C18H37N2O2+. The Morgan fingerprint density at radius 3 is 1.91 bits per heavy atom. The van der Waals surface area contributed by atoms with E-state index in [2.05, 4.69) is 32.7 Å². The van der Waals surface area contributed by atoms with Crippen molar-refractivity contribution in [3.05, 3.63) is 12.7 Å². The summed E-state index contributed by atoms with van der Waals surface area (Å²) in [5.41, 5.74) is 0. The van der Waals surface area contributed by atoms with Gasteiger partial charge in [-0.3, -0.25) is 4.79 Å². The first-order valence-corrected chi connectivity index (χ1v) is 8.97. The lowest BCUT2D eigenvalue weighted by Gasteiger charge is -2.40. The summed E-state index contributed by atoms with van der Waals surface area (Å²) in [7, 11) is 0. The fraction of sp³-hybridized carbons (Fsp3) is 0.833. The van der Waals surface area contributed by atoms with E-state index in [0.29, 0.717) is 6.54 Å². The molecule has 0 aromatic rings. The Hall–Kier alpha value is -0.870. The molecule has 130 valence electrons. The highest BCUT2D eigenvalue weighted by Crippen LogP contribution is 2.16. The van der Waals surface area contributed by atoms with Gasteiger partial charge in [-0.05, 0) is 25.3 Å². The molecule has 0 fully saturated rings. The van der Waals surface area contributed by atoms with E-state index in [9.17, 15) is 9.90 Å². The van der Waals surface area contributed by atoms with E-state index in [1.54, 1.807) is 0 Å². The second-order valence-corrected chi connectivity index (χ2v) is 6.36. The van der Waals surface area contributed by atoms with Crippen molar-refractivity contribution >= 4 is 5.91 Å². The van der Waals surface area contributed by atoms with Crippen LogP contribution >= 0.6 is 0 Å². The number of carbonyl (C=O) groups excluding carboxylic acids is 1. The first-order valence-electron chi connectivity index (χ1n) is 8.97. The van der Waals surface area contributed by atoms with Gasteiger partial charge in [0, 0.05) is 6.54 Å². The molecule has 2 N–H and O–H groups in total. The van der Waals surface area contributed by atoms with Gasteiger partial charge in [-0.15, -0.1) is 0 Å². The van der Waals surface area contributed by atoms with Gasteiger partial charge in [0.2, 0.25) is 5.91 Å². The third-order valence-electron chi connectivity index (χ3n) is 4.25. The lowest BCUT2D eigenvalue weighted by atomic mass is 10.1. The van der Waals surface area contributed by atoms with E-state index >= 15 is 0 Å². The molecule has 1 unspecified atom stereocenters. The van der Waals surface area contributed by atoms with Crippen LogP contribution in [-0.2, 0) is 4.79 Å². The number of aliphatic hydroxyl groups excluding tert-OH is 1. The average Bonchev–Trinajstić information content (AvgIpc) is 2.53. The maximum absolute atomic E-state index is 11.3. The number of aliphatic hydroxyl groups is 1. The monoisotopic (exact) mass is 313 g/mol. The van der Waals surface area contributed by atoms with E-state index in [-0.39, 0.29) is 5.91 Å². The minimum Gasteiger partial charge on any atom is -0.385 e. The number of rotatable bonds is 14. The van der Waals surface area contributed by atoms with Gasteiger partial charge >= 0.3 is 0 Å². The number of unbranched alkanes of at least 4 members (excludes halogenated alkanes) is 3. The van der Waals surface area contributed by atoms with Gasteiger partial charge in [-0.1, -0.05) is 46.6 Å². The van der Waals surface area contributed by atoms with Gasteiger partial charge in [-0.25, -0.2) is 0 Å². The standard InChI is InChI=1S/C18H36N2O2/c1-5-9-12-20(13-10-6-2,14-11-7-3)16-17(21)15-19-18(22)8-4/h8,17,21H,4-7,9-16H2,1-3H3/p+1. The molecule has 0 aromatic heterocycles. The van der Waals surface area contributed by atoms with Crippen molar-refractivity contribution < 1.29 is 14.4 Å². The van der Waals surface area contributed by atoms with Gasteiger partial charge in [0.05, 0.1) is 19.6 Å². The predicted octanol–water partition coefficient (Wildman–Crippen LogP) is 2.87. The zero-order chi connectivity index (χ0) is 16.8. The van der Waals surface area contributed by atoms with Crippen LogP contribution in [-0.4, -0.2) is 54.3 Å². The van der Waals surface area contributed by atoms with Crippen LogP contribution in [0.1, 0.15) is 59.3 Å². The lowest BCUT2D eigenvalue weighted by Crippen LogP contribution is -2.55. The Morgan fingerprint density at radius 2 is 1.55 bits per heavy atom. The first-order chi connectivity index (χ1) is 10.5. The van der Waals surface area contributed by atoms with Crippen molar-refractivity contribution in [3.63, 3.8) is 0 Å². The molecule has 0 aliphatic carbocycles. The van der Waals surface area contributed by atoms with Crippen molar-refractivity contribution in [1.82, 2.24) is 5.32 Å². The molecule has 0 aliphatic rings. The number of hydrogen-bond acceptors (Lipinski definition) is 2. The Kier molecular flexibility index (Phi) is 12.2. The number of amides is 1. The van der Waals surface area contributed by atoms with Crippen LogP contribution in [0, 0.1) is 0 Å². The second-order valence-electron chi connectivity index (χ2n) is 6.36. The number of nitrogens with zero attached hydrogens (tertiary/aromatic N) is 1. The molecule has 1 amide bonds. The zero-order valence-corrected chi connectivity index (χ0v) is 14.9. The van der Waals surface area contributed by atoms with Crippen LogP contribution in [0.15, 0.2) is 12.7 Å². The fourth-order valence-electron chi connectivity index (χ4n) is 2.89. The fourth-order valence-corrected chi connectivity index (χ4v) is 2.89. The van der Waals surface area contributed by atoms with Crippen LogP contribution in [0.4, 0.5) is 0 Å². The summed E-state index contributed by atoms with van der Waals surface area (Å²) in [4.78, 5) is 11.3. The van der Waals surface area contributed by atoms with E-state index in [0.717, 1.165) is 30.7 Å². The third kappa shape index (κ3) is 9.21. The molecule has 0 aliphatic heterocycles. The maximum Gasteiger partial charge on any atom is 0.243 e. The number of nitrogens with one attached hydrogen (secondary N) is 1. The van der Waals surface area contributed by atoms with Crippen LogP contribution in [0.3, 0.4) is 0 Å². The lowest BCUT2D eigenvalue weighted by molar-refractivity contribution is -0.931. The summed E-state index contributed by atoms with van der Waals surface area (Å²) in [5.74, 6) is -0.215. The molecule has 0 heterocycles. The zero-order valence-electron chi connectivity index (χ0n) is 14.9. The predicted molar refractivity (Wildman–Crippen MR) is 93.7 cm³/mol. The molecule has 1 atom stereocenters. The second kappa shape index (κ2) is 12.7. The minimum absolute atomic E-state index is 0.215. The van der Waals surface area contributed by atoms with Crippen molar-refractivity contribution in [2.45, 2.75) is 65.4 Å². The molecule has 0 bridgehead atoms. The molecule has 22 heavy (non-hydrogen) atoms. The molecule has 0 aromatic carbocycles. The Bertz CT molecular complexity index is 284. The summed E-state index contributed by atoms with van der Waals surface area (Å²) >= 11 is 0. The molecule has 0 spiro atoms. The summed E-state index contributed by atoms with van der Waals surface area (Å²) in [5, 5.41) is 13.1. The van der Waals surface area contributed by atoms with E-state index in [1.165, 1.54) is 44.6 Å². The van der Waals surface area contributed by atoms with Crippen LogP contribution in [0.25, 0.3) is 0 Å². The summed E-state index contributed by atoms with van der Waals surface area (Å²) < 4.78 is 0.987. The number of hydrogen-bond donors (Lipinski definition) is 2. The minimum atomic E-state index is -0.491. The largest absolute Gasteiger partial charge is 0.385 e. The molecule has 0 rings (SSSR count). The highest BCUT2D eigenvalue weighted by molar-refractivity contribution is 5.86. The normalized spacial score (nSPS) is 12.9. The SMILES string of the molecule is C=CC(=O)NCC(O)C[N+](CCCC)(CCCC)CCCC. The van der Waals surface area contributed by atoms with E-state index in [1.807, 2.05) is 0 Å². The molecule has 4 nitrogen and oxygen atoms in total. The molecular weight excluding hydrogens is 276 g/mol. The van der Waals surface area contributed by atoms with Gasteiger partial charge < -0.3 is 14.9 Å². The van der Waals surface area contributed by atoms with Gasteiger partial charge in [0.15, 0.2) is 0 Å². The topological polar surface area (TPSA) is 49.3 Å². The average molecular weight is 314 g/mol. The smallest absolute Gasteiger partial charge is 0.243 e. The molecule has 0 radical (unpaired) electrons. The summed E-state index contributed by atoms with van der Waals surface area (Å²) in [6, 6.07) is 0. The highest BCUT2D eigenvalue weighted by atomic mass is 16.3. The van der Waals surface area contributed by atoms with E-state index in [4.69, 9.17) is 0 Å². The number of quaternary nitrogens is 1. The molecule has 0 saturated heterocycles. The van der Waals surface area contributed by atoms with Crippen LogP contribution in [0.5, 0.6) is 0 Å². The quantitative estimate of drug-likeness (QED) is 0.383. The van der Waals surface area contributed by atoms with Crippen molar-refractivity contribution in [2.75, 3.05) is 32.7 Å². The van der Waals surface area contributed by atoms with Crippen molar-refractivity contribution in [1.29, 1.82) is 0 Å². The van der Waals surface area contributed by atoms with Crippen LogP contribution < -0.4 is 5.32 Å². The maximum atomic E-state index is 11.3. The highest BCUT2D eigenvalue weighted by Gasteiger charge is 2.29. The van der Waals surface area contributed by atoms with Crippen LogP contribution in [0.2, 0.25) is 0 Å². The Balaban J connectivity index is 4.74. The van der Waals surface area contributed by atoms with E-state index < -0.39 is 6.10 Å². The Morgan fingerprint density at radius 1 is 1.09 bits per heavy atom. The Labute approximate surface area is 137 Å². The number of carbonyl (C=O) groups is 1.